The third-order valence-corrected chi connectivity index (χ3v) is 5.98. The Morgan fingerprint density at radius 2 is 1.82 bits per heavy atom. The molecule has 1 N–H and O–H groups in total. The molecule has 2 aromatic rings. The van der Waals surface area contributed by atoms with Crippen LogP contribution in [-0.4, -0.2) is 43.5 Å². The fourth-order valence-electron chi connectivity index (χ4n) is 3.31. The van der Waals surface area contributed by atoms with Crippen LogP contribution in [0.2, 0.25) is 0 Å². The van der Waals surface area contributed by atoms with E-state index in [1.54, 1.807) is 29.5 Å². The first-order chi connectivity index (χ1) is 13.4. The van der Waals surface area contributed by atoms with Gasteiger partial charge < -0.3 is 19.7 Å². The Morgan fingerprint density at radius 3 is 2.43 bits per heavy atom. The minimum absolute atomic E-state index is 0.0344. The van der Waals surface area contributed by atoms with Crippen molar-refractivity contribution >= 4 is 23.2 Å². The normalized spacial score (nSPS) is 14.4. The summed E-state index contributed by atoms with van der Waals surface area (Å²) in [5, 5.41) is 4.98. The number of hydrogen-bond donors (Lipinski definition) is 1. The lowest BCUT2D eigenvalue weighted by molar-refractivity contribution is -0.135. The molecule has 150 valence electrons. The second-order valence-electron chi connectivity index (χ2n) is 7.18. The minimum atomic E-state index is -0.593. The minimum Gasteiger partial charge on any atom is -0.497 e. The summed E-state index contributed by atoms with van der Waals surface area (Å²) >= 11 is 1.74. The first-order valence-electron chi connectivity index (χ1n) is 9.31. The maximum absolute atomic E-state index is 13.1. The number of rotatable bonds is 6. The molecule has 0 fully saturated rings. The standard InChI is InChI=1S/C21H26N2O4S/c1-13(2)19(21(25)23-7-5-18-14(12-23)6-8-28-18)22-20(24)15-9-16(26-3)11-17(10-15)27-4/h6,8-11,13,19H,5,7,12H2,1-4H3,(H,22,24). The first kappa shape index (κ1) is 20.2. The fraction of sp³-hybridized carbons (Fsp3) is 0.429. The van der Waals surface area contributed by atoms with Crippen LogP contribution in [-0.2, 0) is 17.8 Å². The number of carbonyl (C=O) groups is 2. The predicted molar refractivity (Wildman–Crippen MR) is 109 cm³/mol. The van der Waals surface area contributed by atoms with E-state index in [1.165, 1.54) is 24.7 Å². The van der Waals surface area contributed by atoms with Gasteiger partial charge in [0, 0.05) is 29.6 Å². The molecular weight excluding hydrogens is 376 g/mol. The number of ether oxygens (including phenoxy) is 2. The van der Waals surface area contributed by atoms with Crippen molar-refractivity contribution in [2.45, 2.75) is 32.9 Å². The predicted octanol–water partition coefficient (Wildman–Crippen LogP) is 3.10. The van der Waals surface area contributed by atoms with Crippen LogP contribution in [0, 0.1) is 5.92 Å². The Bertz CT molecular complexity index is 840. The van der Waals surface area contributed by atoms with Crippen molar-refractivity contribution in [2.24, 2.45) is 5.92 Å². The summed E-state index contributed by atoms with van der Waals surface area (Å²) in [6.07, 6.45) is 0.866. The van der Waals surface area contributed by atoms with Gasteiger partial charge in [-0.25, -0.2) is 0 Å². The molecule has 6 nitrogen and oxygen atoms in total. The molecule has 1 unspecified atom stereocenters. The zero-order chi connectivity index (χ0) is 20.3. The molecule has 3 rings (SSSR count). The molecule has 0 bridgehead atoms. The number of hydrogen-bond acceptors (Lipinski definition) is 5. The third-order valence-electron chi connectivity index (χ3n) is 4.95. The number of amides is 2. The van der Waals surface area contributed by atoms with E-state index >= 15 is 0 Å². The summed E-state index contributed by atoms with van der Waals surface area (Å²) in [6.45, 7) is 5.16. The molecule has 0 aliphatic carbocycles. The fourth-order valence-corrected chi connectivity index (χ4v) is 4.20. The van der Waals surface area contributed by atoms with Crippen molar-refractivity contribution in [3.8, 4) is 11.5 Å². The Labute approximate surface area is 169 Å². The molecule has 0 saturated heterocycles. The van der Waals surface area contributed by atoms with Crippen molar-refractivity contribution < 1.29 is 19.1 Å². The highest BCUT2D eigenvalue weighted by atomic mass is 32.1. The van der Waals surface area contributed by atoms with E-state index in [4.69, 9.17) is 9.47 Å². The highest BCUT2D eigenvalue weighted by Gasteiger charge is 2.31. The van der Waals surface area contributed by atoms with E-state index in [9.17, 15) is 9.59 Å². The van der Waals surface area contributed by atoms with Gasteiger partial charge in [-0.15, -0.1) is 11.3 Å². The number of fused-ring (bicyclic) bond motifs is 1. The van der Waals surface area contributed by atoms with Crippen molar-refractivity contribution in [1.29, 1.82) is 0 Å². The van der Waals surface area contributed by atoms with E-state index in [2.05, 4.69) is 16.8 Å². The first-order valence-corrected chi connectivity index (χ1v) is 10.2. The summed E-state index contributed by atoms with van der Waals surface area (Å²) in [6, 6.07) is 6.46. The lowest BCUT2D eigenvalue weighted by Gasteiger charge is -2.32. The highest BCUT2D eigenvalue weighted by molar-refractivity contribution is 7.10. The second kappa shape index (κ2) is 8.65. The molecule has 2 heterocycles. The van der Waals surface area contributed by atoms with Gasteiger partial charge in [-0.3, -0.25) is 9.59 Å². The molecule has 0 saturated carbocycles. The van der Waals surface area contributed by atoms with E-state index in [0.717, 1.165) is 6.42 Å². The molecule has 0 spiro atoms. The van der Waals surface area contributed by atoms with Crippen LogP contribution in [0.25, 0.3) is 0 Å². The maximum Gasteiger partial charge on any atom is 0.252 e. The molecule has 0 radical (unpaired) electrons. The average Bonchev–Trinajstić information content (AvgIpc) is 3.18. The molecular formula is C21H26N2O4S. The van der Waals surface area contributed by atoms with Crippen molar-refractivity contribution in [1.82, 2.24) is 10.2 Å². The molecule has 7 heteroatoms. The summed E-state index contributed by atoms with van der Waals surface area (Å²) in [7, 11) is 3.07. The molecule has 1 aromatic heterocycles. The van der Waals surface area contributed by atoms with Gasteiger partial charge in [0.2, 0.25) is 5.91 Å². The Hall–Kier alpha value is -2.54. The number of thiophene rings is 1. The van der Waals surface area contributed by atoms with Gasteiger partial charge in [0.1, 0.15) is 17.5 Å². The van der Waals surface area contributed by atoms with Gasteiger partial charge >= 0.3 is 0 Å². The number of nitrogens with zero attached hydrogens (tertiary/aromatic N) is 1. The SMILES string of the molecule is COc1cc(OC)cc(C(=O)NC(C(=O)N2CCc3sccc3C2)C(C)C)c1. The zero-order valence-electron chi connectivity index (χ0n) is 16.7. The summed E-state index contributed by atoms with van der Waals surface area (Å²) in [5.41, 5.74) is 1.60. The van der Waals surface area contributed by atoms with Gasteiger partial charge in [-0.05, 0) is 41.5 Å². The van der Waals surface area contributed by atoms with Crippen LogP contribution >= 0.6 is 11.3 Å². The summed E-state index contributed by atoms with van der Waals surface area (Å²) in [4.78, 5) is 29.2. The molecule has 1 aromatic carbocycles. The topological polar surface area (TPSA) is 67.9 Å². The lowest BCUT2D eigenvalue weighted by atomic mass is 10.00. The largest absolute Gasteiger partial charge is 0.497 e. The monoisotopic (exact) mass is 402 g/mol. The molecule has 1 aliphatic rings. The summed E-state index contributed by atoms with van der Waals surface area (Å²) in [5.74, 6) is 0.649. The molecule has 2 amide bonds. The van der Waals surface area contributed by atoms with Crippen molar-refractivity contribution in [3.63, 3.8) is 0 Å². The van der Waals surface area contributed by atoms with Crippen molar-refractivity contribution in [3.05, 3.63) is 45.6 Å². The second-order valence-corrected chi connectivity index (χ2v) is 8.18. The van der Waals surface area contributed by atoms with Crippen LogP contribution in [0.5, 0.6) is 11.5 Å². The number of methoxy groups -OCH3 is 2. The van der Waals surface area contributed by atoms with Crippen molar-refractivity contribution in [2.75, 3.05) is 20.8 Å². The Morgan fingerprint density at radius 1 is 1.14 bits per heavy atom. The van der Waals surface area contributed by atoms with Gasteiger partial charge in [0.05, 0.1) is 14.2 Å². The Kier molecular flexibility index (Phi) is 6.24. The van der Waals surface area contributed by atoms with Gasteiger partial charge in [-0.2, -0.15) is 0 Å². The number of nitrogens with one attached hydrogen (secondary N) is 1. The zero-order valence-corrected chi connectivity index (χ0v) is 17.5. The van der Waals surface area contributed by atoms with Gasteiger partial charge in [-0.1, -0.05) is 13.8 Å². The van der Waals surface area contributed by atoms with E-state index in [0.29, 0.717) is 30.2 Å². The van der Waals surface area contributed by atoms with Gasteiger partial charge in [0.15, 0.2) is 0 Å². The Balaban J connectivity index is 1.76. The van der Waals surface area contributed by atoms with Crippen LogP contribution in [0.1, 0.15) is 34.6 Å². The van der Waals surface area contributed by atoms with Crippen LogP contribution < -0.4 is 14.8 Å². The van der Waals surface area contributed by atoms with Crippen LogP contribution in [0.4, 0.5) is 0 Å². The van der Waals surface area contributed by atoms with Crippen LogP contribution in [0.15, 0.2) is 29.6 Å². The average molecular weight is 403 g/mol. The number of carbonyl (C=O) groups excluding carboxylic acids is 2. The van der Waals surface area contributed by atoms with Crippen LogP contribution in [0.3, 0.4) is 0 Å². The highest BCUT2D eigenvalue weighted by Crippen LogP contribution is 2.26. The maximum atomic E-state index is 13.1. The number of benzene rings is 1. The van der Waals surface area contributed by atoms with E-state index in [1.807, 2.05) is 18.7 Å². The van der Waals surface area contributed by atoms with E-state index < -0.39 is 6.04 Å². The third kappa shape index (κ3) is 4.30. The smallest absolute Gasteiger partial charge is 0.252 e. The molecule has 1 aliphatic heterocycles. The van der Waals surface area contributed by atoms with E-state index in [-0.39, 0.29) is 17.7 Å². The van der Waals surface area contributed by atoms with Gasteiger partial charge in [0.25, 0.3) is 5.91 Å². The summed E-state index contributed by atoms with van der Waals surface area (Å²) < 4.78 is 10.5. The molecule has 28 heavy (non-hydrogen) atoms. The molecule has 1 atom stereocenters. The lowest BCUT2D eigenvalue weighted by Crippen LogP contribution is -2.52. The quantitative estimate of drug-likeness (QED) is 0.806.